The van der Waals surface area contributed by atoms with Gasteiger partial charge in [0.2, 0.25) is 5.91 Å². The van der Waals surface area contributed by atoms with Crippen LogP contribution >= 0.6 is 11.6 Å². The SMILES string of the molecule is O=C(CCl)N(Cc1ccc2c(c1)CCC2)C1CCc2nnnn2C1. The molecule has 6 nitrogen and oxygen atoms in total. The van der Waals surface area contributed by atoms with Crippen molar-refractivity contribution in [3.05, 3.63) is 40.7 Å². The maximum Gasteiger partial charge on any atom is 0.238 e. The molecule has 4 rings (SSSR count). The molecule has 1 aliphatic heterocycles. The van der Waals surface area contributed by atoms with E-state index >= 15 is 0 Å². The fourth-order valence-corrected chi connectivity index (χ4v) is 3.96. The van der Waals surface area contributed by atoms with Crippen molar-refractivity contribution < 1.29 is 4.79 Å². The Morgan fingerprint density at radius 3 is 3.04 bits per heavy atom. The van der Waals surface area contributed by atoms with Crippen LogP contribution in [0.5, 0.6) is 0 Å². The zero-order valence-corrected chi connectivity index (χ0v) is 14.2. The van der Waals surface area contributed by atoms with Crippen molar-refractivity contribution in [3.63, 3.8) is 0 Å². The third-order valence-electron chi connectivity index (χ3n) is 5.08. The van der Waals surface area contributed by atoms with Gasteiger partial charge in [-0.15, -0.1) is 16.7 Å². The van der Waals surface area contributed by atoms with E-state index in [0.717, 1.165) is 25.1 Å². The van der Waals surface area contributed by atoms with Gasteiger partial charge in [0.25, 0.3) is 0 Å². The van der Waals surface area contributed by atoms with Crippen LogP contribution in [0, 0.1) is 0 Å². The number of benzene rings is 1. The second-order valence-electron chi connectivity index (χ2n) is 6.58. The lowest BCUT2D eigenvalue weighted by atomic mass is 10.0. The van der Waals surface area contributed by atoms with Crippen molar-refractivity contribution >= 4 is 17.5 Å². The highest BCUT2D eigenvalue weighted by molar-refractivity contribution is 6.27. The third kappa shape index (κ3) is 2.90. The first-order valence-corrected chi connectivity index (χ1v) is 8.99. The van der Waals surface area contributed by atoms with Crippen LogP contribution in [0.2, 0.25) is 0 Å². The lowest BCUT2D eigenvalue weighted by Gasteiger charge is -2.33. The minimum Gasteiger partial charge on any atom is -0.332 e. The van der Waals surface area contributed by atoms with Crippen LogP contribution in [0.15, 0.2) is 18.2 Å². The molecule has 1 aromatic heterocycles. The molecule has 0 radical (unpaired) electrons. The summed E-state index contributed by atoms with van der Waals surface area (Å²) in [6.45, 7) is 1.23. The topological polar surface area (TPSA) is 63.9 Å². The van der Waals surface area contributed by atoms with Gasteiger partial charge in [0.05, 0.1) is 12.6 Å². The van der Waals surface area contributed by atoms with Crippen molar-refractivity contribution in [3.8, 4) is 0 Å². The zero-order chi connectivity index (χ0) is 16.5. The first kappa shape index (κ1) is 15.6. The zero-order valence-electron chi connectivity index (χ0n) is 13.5. The lowest BCUT2D eigenvalue weighted by Crippen LogP contribution is -2.45. The maximum absolute atomic E-state index is 12.4. The molecule has 1 unspecified atom stereocenters. The fraction of sp³-hybridized carbons (Fsp3) is 0.529. The summed E-state index contributed by atoms with van der Waals surface area (Å²) in [6, 6.07) is 6.69. The van der Waals surface area contributed by atoms with Crippen LogP contribution < -0.4 is 0 Å². The smallest absolute Gasteiger partial charge is 0.238 e. The summed E-state index contributed by atoms with van der Waals surface area (Å²) in [5.41, 5.74) is 4.05. The van der Waals surface area contributed by atoms with E-state index in [-0.39, 0.29) is 17.8 Å². The summed E-state index contributed by atoms with van der Waals surface area (Å²) in [4.78, 5) is 14.3. The van der Waals surface area contributed by atoms with Crippen LogP contribution in [-0.2, 0) is 37.1 Å². The molecule has 0 N–H and O–H groups in total. The molecule has 2 aliphatic rings. The minimum absolute atomic E-state index is 0.00387. The fourth-order valence-electron chi connectivity index (χ4n) is 3.80. The quantitative estimate of drug-likeness (QED) is 0.792. The van der Waals surface area contributed by atoms with E-state index in [1.807, 2.05) is 4.90 Å². The van der Waals surface area contributed by atoms with Gasteiger partial charge in [-0.05, 0) is 52.8 Å². The Balaban J connectivity index is 1.55. The number of hydrogen-bond donors (Lipinski definition) is 0. The molecule has 0 saturated carbocycles. The summed E-state index contributed by atoms with van der Waals surface area (Å²) in [5, 5.41) is 11.7. The Bertz CT molecular complexity index is 759. The van der Waals surface area contributed by atoms with Crippen molar-refractivity contribution in [2.75, 3.05) is 5.88 Å². The highest BCUT2D eigenvalue weighted by Crippen LogP contribution is 2.25. The summed E-state index contributed by atoms with van der Waals surface area (Å²) >= 11 is 5.87. The van der Waals surface area contributed by atoms with E-state index in [1.54, 1.807) is 4.68 Å². The second-order valence-corrected chi connectivity index (χ2v) is 6.85. The molecule has 1 atom stereocenters. The lowest BCUT2D eigenvalue weighted by molar-refractivity contribution is -0.132. The highest BCUT2D eigenvalue weighted by Gasteiger charge is 2.29. The number of carbonyl (C=O) groups is 1. The summed E-state index contributed by atoms with van der Waals surface area (Å²) in [6.07, 6.45) is 5.20. The number of carbonyl (C=O) groups excluding carboxylic acids is 1. The molecule has 2 aromatic rings. The van der Waals surface area contributed by atoms with Gasteiger partial charge in [0.1, 0.15) is 5.88 Å². The largest absolute Gasteiger partial charge is 0.332 e. The van der Waals surface area contributed by atoms with Crippen LogP contribution in [-0.4, -0.2) is 42.9 Å². The van der Waals surface area contributed by atoms with Crippen molar-refractivity contribution in [2.45, 2.75) is 51.2 Å². The van der Waals surface area contributed by atoms with Crippen LogP contribution in [0.3, 0.4) is 0 Å². The van der Waals surface area contributed by atoms with Gasteiger partial charge in [-0.1, -0.05) is 18.2 Å². The minimum atomic E-state index is -0.0290. The average Bonchev–Trinajstić information content (AvgIpc) is 3.26. The summed E-state index contributed by atoms with van der Waals surface area (Å²) < 4.78 is 1.80. The van der Waals surface area contributed by atoms with Gasteiger partial charge in [-0.3, -0.25) is 4.79 Å². The van der Waals surface area contributed by atoms with Gasteiger partial charge < -0.3 is 4.90 Å². The highest BCUT2D eigenvalue weighted by atomic mass is 35.5. The maximum atomic E-state index is 12.4. The van der Waals surface area contributed by atoms with E-state index in [1.165, 1.54) is 29.5 Å². The first-order chi connectivity index (χ1) is 11.7. The molecular weight excluding hydrogens is 326 g/mol. The molecule has 0 spiro atoms. The van der Waals surface area contributed by atoms with Crippen LogP contribution in [0.1, 0.15) is 35.4 Å². The van der Waals surface area contributed by atoms with Gasteiger partial charge in [0.15, 0.2) is 5.82 Å². The predicted octanol–water partition coefficient (Wildman–Crippen LogP) is 1.74. The van der Waals surface area contributed by atoms with Crippen LogP contribution in [0.25, 0.3) is 0 Å². The number of halogens is 1. The number of fused-ring (bicyclic) bond motifs is 2. The molecule has 1 amide bonds. The molecule has 1 aliphatic carbocycles. The molecule has 0 saturated heterocycles. The second kappa shape index (κ2) is 6.51. The van der Waals surface area contributed by atoms with Gasteiger partial charge >= 0.3 is 0 Å². The predicted molar refractivity (Wildman–Crippen MR) is 89.7 cm³/mol. The molecule has 7 heteroatoms. The Morgan fingerprint density at radius 2 is 2.17 bits per heavy atom. The molecule has 0 bridgehead atoms. The third-order valence-corrected chi connectivity index (χ3v) is 5.31. The number of amides is 1. The number of alkyl halides is 1. The Hall–Kier alpha value is -1.95. The van der Waals surface area contributed by atoms with E-state index in [0.29, 0.717) is 13.1 Å². The molecular formula is C17H20ClN5O. The molecule has 1 aromatic carbocycles. The molecule has 2 heterocycles. The van der Waals surface area contributed by atoms with E-state index in [2.05, 4.69) is 33.7 Å². The average molecular weight is 346 g/mol. The Labute approximate surface area is 145 Å². The molecule has 0 fully saturated rings. The summed E-state index contributed by atoms with van der Waals surface area (Å²) in [5.74, 6) is 0.866. The van der Waals surface area contributed by atoms with Crippen molar-refractivity contribution in [2.24, 2.45) is 0 Å². The number of tetrazole rings is 1. The number of nitrogens with zero attached hydrogens (tertiary/aromatic N) is 5. The number of rotatable bonds is 4. The normalized spacial score (nSPS) is 19.0. The van der Waals surface area contributed by atoms with E-state index in [9.17, 15) is 4.79 Å². The van der Waals surface area contributed by atoms with Gasteiger partial charge in [-0.2, -0.15) is 0 Å². The van der Waals surface area contributed by atoms with Crippen molar-refractivity contribution in [1.29, 1.82) is 0 Å². The van der Waals surface area contributed by atoms with Gasteiger partial charge in [-0.25, -0.2) is 4.68 Å². The van der Waals surface area contributed by atoms with Crippen molar-refractivity contribution in [1.82, 2.24) is 25.1 Å². The summed E-state index contributed by atoms with van der Waals surface area (Å²) in [7, 11) is 0. The first-order valence-electron chi connectivity index (χ1n) is 8.46. The number of hydrogen-bond acceptors (Lipinski definition) is 4. The monoisotopic (exact) mass is 345 g/mol. The van der Waals surface area contributed by atoms with Crippen LogP contribution in [0.4, 0.5) is 0 Å². The standard InChI is InChI=1S/C17H20ClN5O/c18-9-17(24)22(15-6-7-16-19-20-21-23(16)11-15)10-12-4-5-13-2-1-3-14(13)8-12/h4-5,8,15H,1-3,6-7,9-11H2. The Morgan fingerprint density at radius 1 is 1.29 bits per heavy atom. The molecule has 126 valence electrons. The van der Waals surface area contributed by atoms with Gasteiger partial charge in [0, 0.05) is 13.0 Å². The molecule has 24 heavy (non-hydrogen) atoms. The van der Waals surface area contributed by atoms with E-state index in [4.69, 9.17) is 11.6 Å². The van der Waals surface area contributed by atoms with E-state index < -0.39 is 0 Å². The number of aromatic nitrogens is 4. The number of aryl methyl sites for hydroxylation is 3. The Kier molecular flexibility index (Phi) is 4.22.